The highest BCUT2D eigenvalue weighted by Crippen LogP contribution is 2.26. The molecule has 3 rings (SSSR count). The molecule has 2 N–H and O–H groups in total. The summed E-state index contributed by atoms with van der Waals surface area (Å²) >= 11 is 0. The van der Waals surface area contributed by atoms with Crippen molar-refractivity contribution in [2.45, 2.75) is 65.1 Å². The SMILES string of the molecule is CC.COC1OC(CNC(=O)CCc2c(F)c(F)c(C)c(F)c2F)C(CNC(=O)CCc2c(F)c(F)c(F)c(F)c2F)O1. The first-order chi connectivity index (χ1) is 20.3. The van der Waals surface area contributed by atoms with Gasteiger partial charge in [0.1, 0.15) is 12.2 Å². The smallest absolute Gasteiger partial charge is 0.272 e. The van der Waals surface area contributed by atoms with Gasteiger partial charge in [-0.3, -0.25) is 9.59 Å². The van der Waals surface area contributed by atoms with E-state index in [1.165, 1.54) is 7.11 Å². The second-order valence-corrected chi connectivity index (χ2v) is 8.89. The van der Waals surface area contributed by atoms with Crippen molar-refractivity contribution in [2.75, 3.05) is 20.2 Å². The molecule has 1 aliphatic heterocycles. The van der Waals surface area contributed by atoms with Crippen LogP contribution in [0.4, 0.5) is 39.5 Å². The van der Waals surface area contributed by atoms with E-state index in [0.717, 1.165) is 6.92 Å². The van der Waals surface area contributed by atoms with Crippen molar-refractivity contribution in [3.63, 3.8) is 0 Å². The topological polar surface area (TPSA) is 85.9 Å². The third-order valence-electron chi connectivity index (χ3n) is 6.26. The molecule has 2 amide bonds. The molecule has 2 aromatic rings. The number of ether oxygens (including phenoxy) is 3. The minimum Gasteiger partial charge on any atom is -0.353 e. The van der Waals surface area contributed by atoms with Crippen LogP contribution in [0.2, 0.25) is 0 Å². The van der Waals surface area contributed by atoms with Crippen LogP contribution in [0.3, 0.4) is 0 Å². The Labute approximate surface area is 240 Å². The average Bonchev–Trinajstić information content (AvgIpc) is 3.41. The zero-order chi connectivity index (χ0) is 32.6. The maximum atomic E-state index is 14.0. The number of carbonyl (C=O) groups excluding carboxylic acids is 2. The predicted octanol–water partition coefficient (Wildman–Crippen LogP) is 4.78. The highest BCUT2D eigenvalue weighted by Gasteiger charge is 2.37. The fourth-order valence-corrected chi connectivity index (χ4v) is 3.92. The zero-order valence-corrected chi connectivity index (χ0v) is 23.4. The first kappa shape index (κ1) is 35.8. The van der Waals surface area contributed by atoms with Crippen molar-refractivity contribution in [3.05, 3.63) is 69.0 Å². The van der Waals surface area contributed by atoms with E-state index in [4.69, 9.17) is 14.2 Å². The van der Waals surface area contributed by atoms with E-state index in [9.17, 15) is 49.1 Å². The van der Waals surface area contributed by atoms with E-state index in [-0.39, 0.29) is 13.1 Å². The summed E-state index contributed by atoms with van der Waals surface area (Å²) in [5, 5.41) is 4.72. The van der Waals surface area contributed by atoms with E-state index >= 15 is 0 Å². The van der Waals surface area contributed by atoms with Gasteiger partial charge < -0.3 is 24.8 Å². The van der Waals surface area contributed by atoms with Gasteiger partial charge in [0, 0.05) is 49.7 Å². The first-order valence-corrected chi connectivity index (χ1v) is 13.0. The largest absolute Gasteiger partial charge is 0.353 e. The Morgan fingerprint density at radius 3 is 1.30 bits per heavy atom. The van der Waals surface area contributed by atoms with Crippen molar-refractivity contribution in [2.24, 2.45) is 0 Å². The number of nitrogens with one attached hydrogen (secondary N) is 2. The summed E-state index contributed by atoms with van der Waals surface area (Å²) in [6.45, 7) is 3.06. The van der Waals surface area contributed by atoms with Gasteiger partial charge in [-0.2, -0.15) is 0 Å². The molecule has 7 nitrogen and oxygen atoms in total. The van der Waals surface area contributed by atoms with Gasteiger partial charge in [0.2, 0.25) is 17.6 Å². The van der Waals surface area contributed by atoms with Crippen molar-refractivity contribution >= 4 is 11.8 Å². The molecule has 0 spiro atoms. The number of halogens is 9. The molecule has 3 atom stereocenters. The molecule has 0 aromatic heterocycles. The molecule has 0 aliphatic carbocycles. The lowest BCUT2D eigenvalue weighted by Gasteiger charge is -2.18. The summed E-state index contributed by atoms with van der Waals surface area (Å²) in [4.78, 5) is 24.4. The maximum absolute atomic E-state index is 14.0. The normalized spacial score (nSPS) is 17.8. The van der Waals surface area contributed by atoms with Crippen LogP contribution in [0.5, 0.6) is 0 Å². The second kappa shape index (κ2) is 15.9. The first-order valence-electron chi connectivity index (χ1n) is 13.0. The van der Waals surface area contributed by atoms with Crippen LogP contribution in [0.15, 0.2) is 0 Å². The van der Waals surface area contributed by atoms with Gasteiger partial charge in [-0.1, -0.05) is 13.8 Å². The number of rotatable bonds is 11. The van der Waals surface area contributed by atoms with E-state index in [1.54, 1.807) is 0 Å². The quantitative estimate of drug-likeness (QED) is 0.212. The third kappa shape index (κ3) is 8.38. The Morgan fingerprint density at radius 2 is 0.953 bits per heavy atom. The molecule has 1 heterocycles. The Hall–Kier alpha value is -3.37. The van der Waals surface area contributed by atoms with E-state index in [1.807, 2.05) is 13.8 Å². The third-order valence-corrected chi connectivity index (χ3v) is 6.26. The van der Waals surface area contributed by atoms with Gasteiger partial charge in [-0.25, -0.2) is 39.5 Å². The summed E-state index contributed by atoms with van der Waals surface area (Å²) in [5.41, 5.74) is -2.94. The summed E-state index contributed by atoms with van der Waals surface area (Å²) in [6.07, 6.45) is -4.61. The lowest BCUT2D eigenvalue weighted by Crippen LogP contribution is -2.43. The summed E-state index contributed by atoms with van der Waals surface area (Å²) in [5.74, 6) is -18.7. The van der Waals surface area contributed by atoms with Gasteiger partial charge in [-0.05, 0) is 19.8 Å². The molecular formula is C27H29F9N2O5. The van der Waals surface area contributed by atoms with Gasteiger partial charge in [0.25, 0.3) is 6.48 Å². The fraction of sp³-hybridized carbons (Fsp3) is 0.481. The van der Waals surface area contributed by atoms with Crippen LogP contribution in [0, 0.1) is 59.3 Å². The molecule has 1 fully saturated rings. The van der Waals surface area contributed by atoms with Crippen molar-refractivity contribution in [3.8, 4) is 0 Å². The monoisotopic (exact) mass is 632 g/mol. The van der Waals surface area contributed by atoms with Gasteiger partial charge in [0.15, 0.2) is 46.5 Å². The molecule has 3 unspecified atom stereocenters. The molecule has 0 saturated carbocycles. The summed E-state index contributed by atoms with van der Waals surface area (Å²) in [7, 11) is 1.22. The predicted molar refractivity (Wildman–Crippen MR) is 132 cm³/mol. The molecular weight excluding hydrogens is 603 g/mol. The number of hydrogen-bond donors (Lipinski definition) is 2. The Morgan fingerprint density at radius 1 is 0.628 bits per heavy atom. The minimum atomic E-state index is -2.32. The molecule has 240 valence electrons. The van der Waals surface area contributed by atoms with Gasteiger partial charge >= 0.3 is 0 Å². The van der Waals surface area contributed by atoms with Crippen LogP contribution in [0.1, 0.15) is 43.4 Å². The van der Waals surface area contributed by atoms with Crippen LogP contribution in [0.25, 0.3) is 0 Å². The number of hydrogen-bond acceptors (Lipinski definition) is 5. The Bertz CT molecular complexity index is 1170. The molecule has 2 aromatic carbocycles. The standard InChI is InChI=1S/C25H23F9N2O5.C2H6/c1-9-16(26)18(28)10(19(29)17(9)27)3-5-14(37)35-7-12-13(41-25(39-2)40-12)8-36-15(38)6-4-11-20(30)22(32)24(34)23(33)21(11)31;1-2/h12-13,25H,3-8H2,1-2H3,(H,35,37)(H,36,38);1-2H3. The average molecular weight is 633 g/mol. The number of carbonyl (C=O) groups is 2. The summed E-state index contributed by atoms with van der Waals surface area (Å²) in [6, 6.07) is 0. The maximum Gasteiger partial charge on any atom is 0.272 e. The molecule has 16 heteroatoms. The highest BCUT2D eigenvalue weighted by molar-refractivity contribution is 5.76. The lowest BCUT2D eigenvalue weighted by molar-refractivity contribution is -0.227. The fourth-order valence-electron chi connectivity index (χ4n) is 3.92. The van der Waals surface area contributed by atoms with E-state index < -0.39 is 125 Å². The van der Waals surface area contributed by atoms with Crippen molar-refractivity contribution in [1.82, 2.24) is 10.6 Å². The molecule has 43 heavy (non-hydrogen) atoms. The number of amides is 2. The Balaban J connectivity index is 0.00000316. The van der Waals surface area contributed by atoms with Crippen LogP contribution < -0.4 is 10.6 Å². The van der Waals surface area contributed by atoms with Crippen molar-refractivity contribution < 1.29 is 63.3 Å². The van der Waals surface area contributed by atoms with Gasteiger partial charge in [0.05, 0.1) is 0 Å². The van der Waals surface area contributed by atoms with Crippen LogP contribution >= 0.6 is 0 Å². The highest BCUT2D eigenvalue weighted by atomic mass is 19.2. The molecule has 0 radical (unpaired) electrons. The minimum absolute atomic E-state index is 0.272. The number of benzene rings is 2. The van der Waals surface area contributed by atoms with Crippen LogP contribution in [-0.2, 0) is 36.6 Å². The number of methoxy groups -OCH3 is 1. The second-order valence-electron chi connectivity index (χ2n) is 8.89. The molecule has 1 aliphatic rings. The van der Waals surface area contributed by atoms with Gasteiger partial charge in [-0.15, -0.1) is 0 Å². The van der Waals surface area contributed by atoms with E-state index in [2.05, 4.69) is 10.6 Å². The molecule has 0 bridgehead atoms. The zero-order valence-electron chi connectivity index (χ0n) is 23.4. The molecule has 1 saturated heterocycles. The van der Waals surface area contributed by atoms with E-state index in [0.29, 0.717) is 0 Å². The van der Waals surface area contributed by atoms with Crippen molar-refractivity contribution in [1.29, 1.82) is 0 Å². The van der Waals surface area contributed by atoms with Crippen LogP contribution in [-0.4, -0.2) is 50.7 Å². The summed E-state index contributed by atoms with van der Waals surface area (Å²) < 4.78 is 139. The lowest BCUT2D eigenvalue weighted by atomic mass is 10.0. The Kier molecular flexibility index (Phi) is 13.3.